The van der Waals surface area contributed by atoms with Crippen molar-refractivity contribution in [2.75, 3.05) is 20.7 Å². The van der Waals surface area contributed by atoms with Gasteiger partial charge in [-0.15, -0.1) is 24.0 Å². The third kappa shape index (κ3) is 8.36. The van der Waals surface area contributed by atoms with Gasteiger partial charge in [-0.3, -0.25) is 4.99 Å². The molecule has 25 heavy (non-hydrogen) atoms. The van der Waals surface area contributed by atoms with Gasteiger partial charge in [-0.05, 0) is 29.5 Å². The van der Waals surface area contributed by atoms with E-state index in [1.807, 2.05) is 0 Å². The van der Waals surface area contributed by atoms with E-state index in [0.717, 1.165) is 31.9 Å². The van der Waals surface area contributed by atoms with Crippen LogP contribution in [0.2, 0.25) is 0 Å². The summed E-state index contributed by atoms with van der Waals surface area (Å²) in [6.45, 7) is 2.29. The van der Waals surface area contributed by atoms with E-state index < -0.39 is 0 Å². The lowest BCUT2D eigenvalue weighted by Gasteiger charge is -2.12. The van der Waals surface area contributed by atoms with E-state index in [2.05, 4.69) is 70.2 Å². The first-order valence-corrected chi connectivity index (χ1v) is 8.37. The van der Waals surface area contributed by atoms with E-state index in [4.69, 9.17) is 4.74 Å². The average Bonchev–Trinajstić information content (AvgIpc) is 2.63. The van der Waals surface area contributed by atoms with Crippen LogP contribution in [0.3, 0.4) is 0 Å². The third-order valence-electron chi connectivity index (χ3n) is 3.76. The van der Waals surface area contributed by atoms with Crippen LogP contribution in [0.15, 0.2) is 59.6 Å². The van der Waals surface area contributed by atoms with Gasteiger partial charge in [0.1, 0.15) is 0 Å². The first-order chi connectivity index (χ1) is 11.8. The van der Waals surface area contributed by atoms with Crippen LogP contribution >= 0.6 is 24.0 Å². The minimum absolute atomic E-state index is 0. The standard InChI is InChI=1S/C20H27N3O.HI/c1-21-20(22-13-7-12-17-8-4-3-5-9-17)23-15-18-10-6-11-19(14-18)16-24-2;/h3-6,8-11,14H,7,12-13,15-16H2,1-2H3,(H2,21,22,23);1H. The van der Waals surface area contributed by atoms with Crippen LogP contribution in [0.4, 0.5) is 0 Å². The van der Waals surface area contributed by atoms with E-state index in [1.54, 1.807) is 14.2 Å². The van der Waals surface area contributed by atoms with Crippen molar-refractivity contribution in [3.05, 3.63) is 71.3 Å². The number of hydrogen-bond acceptors (Lipinski definition) is 2. The van der Waals surface area contributed by atoms with E-state index in [0.29, 0.717) is 6.61 Å². The zero-order valence-electron chi connectivity index (χ0n) is 15.0. The molecule has 0 aromatic heterocycles. The first-order valence-electron chi connectivity index (χ1n) is 8.37. The number of aryl methyl sites for hydroxylation is 1. The molecule has 0 atom stereocenters. The average molecular weight is 453 g/mol. The van der Waals surface area contributed by atoms with Gasteiger partial charge in [-0.1, -0.05) is 54.6 Å². The van der Waals surface area contributed by atoms with Crippen LogP contribution in [0, 0.1) is 0 Å². The van der Waals surface area contributed by atoms with Crippen molar-refractivity contribution in [3.63, 3.8) is 0 Å². The predicted molar refractivity (Wildman–Crippen MR) is 116 cm³/mol. The van der Waals surface area contributed by atoms with Crippen molar-refractivity contribution >= 4 is 29.9 Å². The second-order valence-corrected chi connectivity index (χ2v) is 5.69. The number of ether oxygens (including phenoxy) is 1. The Hall–Kier alpha value is -1.60. The predicted octanol–water partition coefficient (Wildman–Crippen LogP) is 3.75. The second-order valence-electron chi connectivity index (χ2n) is 5.69. The van der Waals surface area contributed by atoms with Gasteiger partial charge in [-0.25, -0.2) is 0 Å². The van der Waals surface area contributed by atoms with Gasteiger partial charge in [0, 0.05) is 27.2 Å². The van der Waals surface area contributed by atoms with Crippen molar-refractivity contribution in [3.8, 4) is 0 Å². The lowest BCUT2D eigenvalue weighted by molar-refractivity contribution is 0.185. The van der Waals surface area contributed by atoms with E-state index in [9.17, 15) is 0 Å². The van der Waals surface area contributed by atoms with Gasteiger partial charge in [0.2, 0.25) is 0 Å². The molecule has 0 aliphatic rings. The first kappa shape index (κ1) is 21.4. The van der Waals surface area contributed by atoms with E-state index in [1.165, 1.54) is 16.7 Å². The molecule has 0 saturated heterocycles. The van der Waals surface area contributed by atoms with Crippen LogP contribution in [-0.2, 0) is 24.3 Å². The minimum atomic E-state index is 0. The Labute approximate surface area is 168 Å². The Balaban J connectivity index is 0.00000312. The largest absolute Gasteiger partial charge is 0.380 e. The Morgan fingerprint density at radius 2 is 1.68 bits per heavy atom. The Morgan fingerprint density at radius 3 is 2.40 bits per heavy atom. The fourth-order valence-electron chi connectivity index (χ4n) is 2.55. The van der Waals surface area contributed by atoms with Crippen molar-refractivity contribution < 1.29 is 4.74 Å². The van der Waals surface area contributed by atoms with Gasteiger partial charge < -0.3 is 15.4 Å². The zero-order valence-corrected chi connectivity index (χ0v) is 17.3. The summed E-state index contributed by atoms with van der Waals surface area (Å²) in [5.41, 5.74) is 3.77. The lowest BCUT2D eigenvalue weighted by Crippen LogP contribution is -2.37. The van der Waals surface area contributed by atoms with Crippen LogP contribution < -0.4 is 10.6 Å². The molecule has 0 radical (unpaired) electrons. The topological polar surface area (TPSA) is 45.7 Å². The third-order valence-corrected chi connectivity index (χ3v) is 3.76. The van der Waals surface area contributed by atoms with Gasteiger partial charge in [0.15, 0.2) is 5.96 Å². The molecule has 2 aromatic carbocycles. The molecular weight excluding hydrogens is 425 g/mol. The number of halogens is 1. The smallest absolute Gasteiger partial charge is 0.191 e. The minimum Gasteiger partial charge on any atom is -0.380 e. The number of aliphatic imine (C=N–C) groups is 1. The summed E-state index contributed by atoms with van der Waals surface area (Å²) in [4.78, 5) is 4.28. The molecule has 0 aliphatic carbocycles. The van der Waals surface area contributed by atoms with Crippen LogP contribution in [0.5, 0.6) is 0 Å². The molecule has 2 rings (SSSR count). The Morgan fingerprint density at radius 1 is 0.960 bits per heavy atom. The van der Waals surface area contributed by atoms with Gasteiger partial charge in [0.05, 0.1) is 6.61 Å². The summed E-state index contributed by atoms with van der Waals surface area (Å²) in [5, 5.41) is 6.72. The summed E-state index contributed by atoms with van der Waals surface area (Å²) in [5.74, 6) is 0.834. The highest BCUT2D eigenvalue weighted by Gasteiger charge is 2.00. The summed E-state index contributed by atoms with van der Waals surface area (Å²) < 4.78 is 5.18. The van der Waals surface area contributed by atoms with E-state index >= 15 is 0 Å². The molecule has 2 N–H and O–H groups in total. The van der Waals surface area contributed by atoms with Crippen LogP contribution in [-0.4, -0.2) is 26.7 Å². The normalized spacial score (nSPS) is 10.9. The molecule has 0 amide bonds. The second kappa shape index (κ2) is 12.7. The maximum absolute atomic E-state index is 5.18. The molecule has 2 aromatic rings. The molecule has 0 aliphatic heterocycles. The lowest BCUT2D eigenvalue weighted by atomic mass is 10.1. The molecule has 0 saturated carbocycles. The SMILES string of the molecule is CN=C(NCCCc1ccccc1)NCc1cccc(COC)c1.I. The monoisotopic (exact) mass is 453 g/mol. The van der Waals surface area contributed by atoms with Crippen molar-refractivity contribution in [2.24, 2.45) is 4.99 Å². The molecule has 0 heterocycles. The Kier molecular flexibility index (Phi) is 10.9. The highest BCUT2D eigenvalue weighted by atomic mass is 127. The zero-order chi connectivity index (χ0) is 17.0. The van der Waals surface area contributed by atoms with Crippen molar-refractivity contribution in [1.29, 1.82) is 0 Å². The maximum atomic E-state index is 5.18. The number of guanidine groups is 1. The molecule has 4 nitrogen and oxygen atoms in total. The van der Waals surface area contributed by atoms with Crippen molar-refractivity contribution in [1.82, 2.24) is 10.6 Å². The molecule has 136 valence electrons. The highest BCUT2D eigenvalue weighted by molar-refractivity contribution is 14.0. The summed E-state index contributed by atoms with van der Waals surface area (Å²) >= 11 is 0. The Bertz CT molecular complexity index is 632. The maximum Gasteiger partial charge on any atom is 0.191 e. The molecular formula is C20H28IN3O. The molecule has 0 unspecified atom stereocenters. The van der Waals surface area contributed by atoms with Gasteiger partial charge in [0.25, 0.3) is 0 Å². The van der Waals surface area contributed by atoms with Crippen molar-refractivity contribution in [2.45, 2.75) is 26.0 Å². The number of nitrogens with zero attached hydrogens (tertiary/aromatic N) is 1. The number of benzene rings is 2. The molecule has 0 bridgehead atoms. The van der Waals surface area contributed by atoms with Gasteiger partial charge in [-0.2, -0.15) is 0 Å². The summed E-state index contributed by atoms with van der Waals surface area (Å²) in [6, 6.07) is 18.9. The summed E-state index contributed by atoms with van der Waals surface area (Å²) in [6.07, 6.45) is 2.15. The number of rotatable bonds is 8. The molecule has 0 spiro atoms. The van der Waals surface area contributed by atoms with Crippen LogP contribution in [0.25, 0.3) is 0 Å². The van der Waals surface area contributed by atoms with Gasteiger partial charge >= 0.3 is 0 Å². The molecule has 5 heteroatoms. The number of nitrogens with one attached hydrogen (secondary N) is 2. The quantitative estimate of drug-likeness (QED) is 0.277. The highest BCUT2D eigenvalue weighted by Crippen LogP contribution is 2.06. The fraction of sp³-hybridized carbons (Fsp3) is 0.350. The fourth-order valence-corrected chi connectivity index (χ4v) is 2.55. The number of hydrogen-bond donors (Lipinski definition) is 2. The van der Waals surface area contributed by atoms with Crippen LogP contribution in [0.1, 0.15) is 23.1 Å². The summed E-state index contributed by atoms with van der Waals surface area (Å²) in [7, 11) is 3.51. The molecule has 0 fully saturated rings. The number of methoxy groups -OCH3 is 1. The van der Waals surface area contributed by atoms with E-state index in [-0.39, 0.29) is 24.0 Å².